The number of nitro groups is 1. The zero-order valence-corrected chi connectivity index (χ0v) is 10.4. The third kappa shape index (κ3) is 2.17. The minimum Gasteiger partial charge on any atom is -0.258 e. The summed E-state index contributed by atoms with van der Waals surface area (Å²) in [5.74, 6) is -0.714. The first-order valence-electron chi connectivity index (χ1n) is 4.89. The maximum Gasteiger partial charge on any atom is 0.280 e. The van der Waals surface area contributed by atoms with E-state index in [9.17, 15) is 14.5 Å². The first kappa shape index (κ1) is 12.8. The van der Waals surface area contributed by atoms with Crippen molar-refractivity contribution in [2.24, 2.45) is 0 Å². The summed E-state index contributed by atoms with van der Waals surface area (Å²) in [5, 5.41) is 11.2. The first-order valence-corrected chi connectivity index (χ1v) is 5.65. The van der Waals surface area contributed by atoms with Crippen LogP contribution in [0, 0.1) is 15.9 Å². The number of benzene rings is 2. The van der Waals surface area contributed by atoms with Crippen LogP contribution in [0.2, 0.25) is 10.0 Å². The molecule has 0 saturated carbocycles. The third-order valence-corrected chi connectivity index (χ3v) is 3.23. The largest absolute Gasteiger partial charge is 0.280 e. The van der Waals surface area contributed by atoms with Crippen molar-refractivity contribution < 1.29 is 9.31 Å². The molecule has 2 aromatic carbocycles. The van der Waals surface area contributed by atoms with Crippen LogP contribution in [0.1, 0.15) is 0 Å². The summed E-state index contributed by atoms with van der Waals surface area (Å²) in [7, 11) is 0. The molecule has 0 heterocycles. The van der Waals surface area contributed by atoms with Crippen LogP contribution in [0.15, 0.2) is 36.4 Å². The molecule has 0 unspecified atom stereocenters. The van der Waals surface area contributed by atoms with Gasteiger partial charge in [0.1, 0.15) is 5.82 Å². The zero-order chi connectivity index (χ0) is 13.3. The van der Waals surface area contributed by atoms with E-state index in [1.165, 1.54) is 24.3 Å². The fourth-order valence-corrected chi connectivity index (χ4v) is 2.02. The van der Waals surface area contributed by atoms with Gasteiger partial charge in [0.05, 0.1) is 20.5 Å². The van der Waals surface area contributed by atoms with Crippen LogP contribution in [0.3, 0.4) is 0 Å². The second-order valence-corrected chi connectivity index (χ2v) is 4.28. The highest BCUT2D eigenvalue weighted by Gasteiger charge is 2.22. The Morgan fingerprint density at radius 3 is 2.44 bits per heavy atom. The van der Waals surface area contributed by atoms with Crippen LogP contribution in [0.5, 0.6) is 0 Å². The second-order valence-electron chi connectivity index (χ2n) is 3.49. The maximum atomic E-state index is 13.8. The monoisotopic (exact) mass is 285 g/mol. The van der Waals surface area contributed by atoms with Crippen molar-refractivity contribution in [2.75, 3.05) is 0 Å². The Labute approximate surface area is 112 Å². The lowest BCUT2D eigenvalue weighted by atomic mass is 10.0. The summed E-state index contributed by atoms with van der Waals surface area (Å²) < 4.78 is 13.8. The molecular formula is C12H6Cl2FNO2. The van der Waals surface area contributed by atoms with Crippen LogP contribution in [-0.4, -0.2) is 4.92 Å². The topological polar surface area (TPSA) is 43.1 Å². The van der Waals surface area contributed by atoms with Crippen molar-refractivity contribution >= 4 is 28.9 Å². The van der Waals surface area contributed by atoms with Gasteiger partial charge in [0.15, 0.2) is 0 Å². The van der Waals surface area contributed by atoms with Crippen LogP contribution < -0.4 is 0 Å². The van der Waals surface area contributed by atoms with E-state index in [0.717, 1.165) is 6.07 Å². The number of nitrogens with zero attached hydrogens (tertiary/aromatic N) is 1. The van der Waals surface area contributed by atoms with E-state index in [4.69, 9.17) is 23.2 Å². The Bertz CT molecular complexity index is 631. The molecule has 0 aromatic heterocycles. The van der Waals surface area contributed by atoms with Gasteiger partial charge in [-0.1, -0.05) is 41.4 Å². The zero-order valence-electron chi connectivity index (χ0n) is 8.86. The van der Waals surface area contributed by atoms with Gasteiger partial charge in [0, 0.05) is 11.6 Å². The highest BCUT2D eigenvalue weighted by molar-refractivity contribution is 6.43. The summed E-state index contributed by atoms with van der Waals surface area (Å²) >= 11 is 11.8. The Balaban J connectivity index is 2.78. The molecule has 3 nitrogen and oxygen atoms in total. The number of halogens is 3. The van der Waals surface area contributed by atoms with Gasteiger partial charge in [0.2, 0.25) is 0 Å². The van der Waals surface area contributed by atoms with Crippen LogP contribution in [0.4, 0.5) is 10.1 Å². The molecule has 0 spiro atoms. The van der Waals surface area contributed by atoms with Crippen molar-refractivity contribution in [2.45, 2.75) is 0 Å². The minimum atomic E-state index is -0.714. The Morgan fingerprint density at radius 1 is 1.11 bits per heavy atom. The predicted octanol–water partition coefficient (Wildman–Crippen LogP) is 4.71. The van der Waals surface area contributed by atoms with Crippen LogP contribution >= 0.6 is 23.2 Å². The first-order chi connectivity index (χ1) is 8.52. The molecule has 18 heavy (non-hydrogen) atoms. The average molecular weight is 286 g/mol. The highest BCUT2D eigenvalue weighted by atomic mass is 35.5. The number of rotatable bonds is 2. The lowest BCUT2D eigenvalue weighted by Gasteiger charge is -2.07. The molecule has 2 aromatic rings. The molecule has 2 rings (SSSR count). The molecular weight excluding hydrogens is 280 g/mol. The quantitative estimate of drug-likeness (QED) is 0.592. The molecule has 92 valence electrons. The van der Waals surface area contributed by atoms with Gasteiger partial charge in [-0.3, -0.25) is 10.1 Å². The van der Waals surface area contributed by atoms with E-state index in [-0.39, 0.29) is 26.9 Å². The van der Waals surface area contributed by atoms with E-state index in [1.807, 2.05) is 0 Å². The summed E-state index contributed by atoms with van der Waals surface area (Å²) in [6.07, 6.45) is 0. The molecule has 0 aliphatic rings. The SMILES string of the molecule is O=[N+]([O-])c1cccc(F)c1-c1cccc(Cl)c1Cl. The van der Waals surface area contributed by atoms with Gasteiger partial charge in [-0.2, -0.15) is 0 Å². The van der Waals surface area contributed by atoms with Crippen molar-refractivity contribution in [1.82, 2.24) is 0 Å². The molecule has 0 amide bonds. The standard InChI is InChI=1S/C12H6Cl2FNO2/c13-8-4-1-3-7(12(8)14)11-9(15)5-2-6-10(11)16(17)18/h1-6H. The third-order valence-electron chi connectivity index (χ3n) is 2.41. The Morgan fingerprint density at radius 2 is 1.78 bits per heavy atom. The van der Waals surface area contributed by atoms with Gasteiger partial charge in [-0.05, 0) is 12.1 Å². The van der Waals surface area contributed by atoms with Crippen molar-refractivity contribution in [3.63, 3.8) is 0 Å². The lowest BCUT2D eigenvalue weighted by Crippen LogP contribution is -1.95. The summed E-state index contributed by atoms with van der Waals surface area (Å²) in [5.41, 5.74) is -0.303. The van der Waals surface area contributed by atoms with Gasteiger partial charge in [-0.25, -0.2) is 4.39 Å². The van der Waals surface area contributed by atoms with E-state index in [0.29, 0.717) is 0 Å². The molecule has 0 saturated heterocycles. The fourth-order valence-electron chi connectivity index (χ4n) is 1.63. The fraction of sp³-hybridized carbons (Fsp3) is 0. The van der Waals surface area contributed by atoms with Gasteiger partial charge in [0.25, 0.3) is 5.69 Å². The number of hydrogen-bond acceptors (Lipinski definition) is 2. The van der Waals surface area contributed by atoms with E-state index in [1.54, 1.807) is 6.07 Å². The Hall–Kier alpha value is -1.65. The van der Waals surface area contributed by atoms with E-state index in [2.05, 4.69) is 0 Å². The minimum absolute atomic E-state index is 0.0902. The normalized spacial score (nSPS) is 10.4. The van der Waals surface area contributed by atoms with Gasteiger partial charge >= 0.3 is 0 Å². The molecule has 0 aliphatic carbocycles. The molecule has 0 N–H and O–H groups in total. The number of hydrogen-bond donors (Lipinski definition) is 0. The molecule has 6 heteroatoms. The van der Waals surface area contributed by atoms with Crippen molar-refractivity contribution in [3.05, 3.63) is 62.4 Å². The van der Waals surface area contributed by atoms with Gasteiger partial charge < -0.3 is 0 Å². The van der Waals surface area contributed by atoms with Crippen LogP contribution in [0.25, 0.3) is 11.1 Å². The van der Waals surface area contributed by atoms with E-state index >= 15 is 0 Å². The van der Waals surface area contributed by atoms with Gasteiger partial charge in [-0.15, -0.1) is 0 Å². The summed E-state index contributed by atoms with van der Waals surface area (Å²) in [4.78, 5) is 10.2. The molecule has 0 bridgehead atoms. The van der Waals surface area contributed by atoms with Crippen molar-refractivity contribution in [1.29, 1.82) is 0 Å². The smallest absolute Gasteiger partial charge is 0.258 e. The predicted molar refractivity (Wildman–Crippen MR) is 68.5 cm³/mol. The van der Waals surface area contributed by atoms with E-state index < -0.39 is 10.7 Å². The summed E-state index contributed by atoms with van der Waals surface area (Å²) in [6.45, 7) is 0. The Kier molecular flexibility index (Phi) is 3.50. The molecule has 0 atom stereocenters. The second kappa shape index (κ2) is 4.92. The average Bonchev–Trinajstić information content (AvgIpc) is 2.33. The summed E-state index contributed by atoms with van der Waals surface area (Å²) in [6, 6.07) is 8.20. The maximum absolute atomic E-state index is 13.8. The number of nitro benzene ring substituents is 1. The van der Waals surface area contributed by atoms with Crippen molar-refractivity contribution in [3.8, 4) is 11.1 Å². The van der Waals surface area contributed by atoms with Crippen LogP contribution in [-0.2, 0) is 0 Å². The molecule has 0 fully saturated rings. The molecule has 0 aliphatic heterocycles. The highest BCUT2D eigenvalue weighted by Crippen LogP contribution is 2.39. The lowest BCUT2D eigenvalue weighted by molar-refractivity contribution is -0.384. The molecule has 0 radical (unpaired) electrons.